The second-order valence-electron chi connectivity index (χ2n) is 5.32. The van der Waals surface area contributed by atoms with Crippen molar-refractivity contribution in [3.63, 3.8) is 0 Å². The Morgan fingerprint density at radius 2 is 2.11 bits per heavy atom. The molecule has 0 aromatic heterocycles. The first-order chi connectivity index (χ1) is 8.94. The summed E-state index contributed by atoms with van der Waals surface area (Å²) in [4.78, 5) is 14.1. The first-order valence-electron chi connectivity index (χ1n) is 6.66. The van der Waals surface area contributed by atoms with Crippen LogP contribution in [-0.4, -0.2) is 60.9 Å². The zero-order chi connectivity index (χ0) is 14.0. The highest BCUT2D eigenvalue weighted by Gasteiger charge is 2.39. The van der Waals surface area contributed by atoms with Gasteiger partial charge in [-0.3, -0.25) is 4.79 Å². The zero-order valence-electron chi connectivity index (χ0n) is 11.0. The first-order valence-corrected chi connectivity index (χ1v) is 9.49. The molecular weight excluding hydrogens is 334 g/mol. The van der Waals surface area contributed by atoms with Gasteiger partial charge in [-0.15, -0.1) is 0 Å². The SMILES string of the molecule is CC1CN(C(=O)C2CCCCS2(=O)=O)CC(CBr)O1. The number of hydrogen-bond donors (Lipinski definition) is 0. The molecular formula is C12H20BrNO4S. The summed E-state index contributed by atoms with van der Waals surface area (Å²) in [6.07, 6.45) is 1.85. The highest BCUT2D eigenvalue weighted by atomic mass is 79.9. The third-order valence-corrected chi connectivity index (χ3v) is 6.55. The number of amides is 1. The number of rotatable bonds is 2. The van der Waals surface area contributed by atoms with Gasteiger partial charge in [0.25, 0.3) is 0 Å². The predicted molar refractivity (Wildman–Crippen MR) is 76.1 cm³/mol. The van der Waals surface area contributed by atoms with E-state index in [1.807, 2.05) is 6.92 Å². The molecule has 0 bridgehead atoms. The summed E-state index contributed by atoms with van der Waals surface area (Å²) in [5, 5.41) is -0.180. The van der Waals surface area contributed by atoms with Crippen LogP contribution in [-0.2, 0) is 19.4 Å². The molecule has 2 heterocycles. The van der Waals surface area contributed by atoms with E-state index in [1.165, 1.54) is 0 Å². The minimum Gasteiger partial charge on any atom is -0.371 e. The first kappa shape index (κ1) is 15.3. The highest BCUT2D eigenvalue weighted by Crippen LogP contribution is 2.23. The van der Waals surface area contributed by atoms with Crippen LogP contribution in [0, 0.1) is 0 Å². The molecule has 1 amide bonds. The van der Waals surface area contributed by atoms with E-state index in [0.29, 0.717) is 31.3 Å². The Morgan fingerprint density at radius 1 is 1.37 bits per heavy atom. The summed E-state index contributed by atoms with van der Waals surface area (Å²) >= 11 is 3.35. The van der Waals surface area contributed by atoms with Gasteiger partial charge >= 0.3 is 0 Å². The number of carbonyl (C=O) groups is 1. The molecule has 0 radical (unpaired) electrons. The van der Waals surface area contributed by atoms with E-state index in [9.17, 15) is 13.2 Å². The van der Waals surface area contributed by atoms with Crippen LogP contribution in [0.15, 0.2) is 0 Å². The standard InChI is InChI=1S/C12H20BrNO4S/c1-9-7-14(8-10(6-13)18-9)12(15)11-4-2-3-5-19(11,16)17/h9-11H,2-8H2,1H3. The maximum Gasteiger partial charge on any atom is 0.241 e. The molecule has 110 valence electrons. The van der Waals surface area contributed by atoms with Gasteiger partial charge in [-0.1, -0.05) is 22.4 Å². The van der Waals surface area contributed by atoms with Crippen molar-refractivity contribution in [1.82, 2.24) is 4.90 Å². The maximum absolute atomic E-state index is 12.5. The van der Waals surface area contributed by atoms with E-state index in [1.54, 1.807) is 4.90 Å². The number of halogens is 1. The third-order valence-electron chi connectivity index (χ3n) is 3.66. The van der Waals surface area contributed by atoms with Gasteiger partial charge in [-0.25, -0.2) is 8.42 Å². The fourth-order valence-corrected chi connectivity index (χ4v) is 4.98. The van der Waals surface area contributed by atoms with Crippen LogP contribution in [0.5, 0.6) is 0 Å². The summed E-state index contributed by atoms with van der Waals surface area (Å²) in [7, 11) is -3.26. The number of carbonyl (C=O) groups excluding carboxylic acids is 1. The van der Waals surface area contributed by atoms with Crippen molar-refractivity contribution in [2.75, 3.05) is 24.2 Å². The Bertz CT molecular complexity index is 439. The number of hydrogen-bond acceptors (Lipinski definition) is 4. The van der Waals surface area contributed by atoms with Crippen molar-refractivity contribution >= 4 is 31.7 Å². The molecule has 5 nitrogen and oxygen atoms in total. The molecule has 2 fully saturated rings. The lowest BCUT2D eigenvalue weighted by molar-refractivity contribution is -0.142. The molecule has 0 saturated carbocycles. The number of morpholine rings is 1. The fourth-order valence-electron chi connectivity index (χ4n) is 2.75. The van der Waals surface area contributed by atoms with Crippen LogP contribution in [0.1, 0.15) is 26.2 Å². The summed E-state index contributed by atoms with van der Waals surface area (Å²) < 4.78 is 29.7. The Kier molecular flexibility index (Phi) is 4.89. The van der Waals surface area contributed by atoms with E-state index >= 15 is 0 Å². The van der Waals surface area contributed by atoms with Crippen LogP contribution in [0.3, 0.4) is 0 Å². The molecule has 3 unspecified atom stereocenters. The van der Waals surface area contributed by atoms with Crippen molar-refractivity contribution in [2.24, 2.45) is 0 Å². The molecule has 19 heavy (non-hydrogen) atoms. The molecule has 0 N–H and O–H groups in total. The average Bonchev–Trinajstić information content (AvgIpc) is 2.36. The van der Waals surface area contributed by atoms with Gasteiger partial charge in [-0.05, 0) is 19.8 Å². The quantitative estimate of drug-likeness (QED) is 0.693. The van der Waals surface area contributed by atoms with Crippen molar-refractivity contribution in [1.29, 1.82) is 0 Å². The van der Waals surface area contributed by atoms with Crippen LogP contribution in [0.25, 0.3) is 0 Å². The van der Waals surface area contributed by atoms with Crippen molar-refractivity contribution in [3.05, 3.63) is 0 Å². The maximum atomic E-state index is 12.5. The van der Waals surface area contributed by atoms with Gasteiger partial charge in [0.1, 0.15) is 5.25 Å². The lowest BCUT2D eigenvalue weighted by Gasteiger charge is -2.38. The molecule has 0 spiro atoms. The van der Waals surface area contributed by atoms with E-state index in [0.717, 1.165) is 6.42 Å². The number of sulfone groups is 1. The Labute approximate surface area is 122 Å². The average molecular weight is 354 g/mol. The smallest absolute Gasteiger partial charge is 0.241 e. The zero-order valence-corrected chi connectivity index (χ0v) is 13.5. The van der Waals surface area contributed by atoms with Crippen LogP contribution in [0.4, 0.5) is 0 Å². The largest absolute Gasteiger partial charge is 0.371 e. The molecule has 2 aliphatic heterocycles. The summed E-state index contributed by atoms with van der Waals surface area (Å²) in [5.41, 5.74) is 0. The van der Waals surface area contributed by atoms with Gasteiger partial charge in [0.2, 0.25) is 5.91 Å². The lowest BCUT2D eigenvalue weighted by Crippen LogP contribution is -2.54. The Morgan fingerprint density at radius 3 is 2.74 bits per heavy atom. The molecule has 2 aliphatic rings. The normalized spacial score (nSPS) is 35.1. The van der Waals surface area contributed by atoms with E-state index in [-0.39, 0.29) is 23.9 Å². The number of ether oxygens (including phenoxy) is 1. The van der Waals surface area contributed by atoms with Crippen molar-refractivity contribution in [3.8, 4) is 0 Å². The topological polar surface area (TPSA) is 63.7 Å². The van der Waals surface area contributed by atoms with Crippen LogP contribution < -0.4 is 0 Å². The van der Waals surface area contributed by atoms with Crippen LogP contribution >= 0.6 is 15.9 Å². The van der Waals surface area contributed by atoms with Crippen LogP contribution in [0.2, 0.25) is 0 Å². The predicted octanol–water partition coefficient (Wildman–Crippen LogP) is 0.965. The van der Waals surface area contributed by atoms with Gasteiger partial charge in [0.15, 0.2) is 9.84 Å². The molecule has 0 aliphatic carbocycles. The third kappa shape index (κ3) is 3.49. The molecule has 2 saturated heterocycles. The number of alkyl halides is 1. The van der Waals surface area contributed by atoms with Gasteiger partial charge in [0, 0.05) is 18.4 Å². The summed E-state index contributed by atoms with van der Waals surface area (Å²) in [6, 6.07) is 0. The van der Waals surface area contributed by atoms with Gasteiger partial charge in [0.05, 0.1) is 18.0 Å². The minimum absolute atomic E-state index is 0.0495. The highest BCUT2D eigenvalue weighted by molar-refractivity contribution is 9.09. The second-order valence-corrected chi connectivity index (χ2v) is 8.27. The van der Waals surface area contributed by atoms with Crippen molar-refractivity contribution < 1.29 is 17.9 Å². The number of nitrogens with zero attached hydrogens (tertiary/aromatic N) is 1. The molecule has 0 aromatic carbocycles. The molecule has 0 aromatic rings. The monoisotopic (exact) mass is 353 g/mol. The Balaban J connectivity index is 2.10. The van der Waals surface area contributed by atoms with E-state index < -0.39 is 15.1 Å². The molecule has 3 atom stereocenters. The van der Waals surface area contributed by atoms with E-state index in [4.69, 9.17) is 4.74 Å². The fraction of sp³-hybridized carbons (Fsp3) is 0.917. The summed E-state index contributed by atoms with van der Waals surface area (Å²) in [5.74, 6) is -0.0913. The lowest BCUT2D eigenvalue weighted by atomic mass is 10.1. The molecule has 7 heteroatoms. The summed E-state index contributed by atoms with van der Waals surface area (Å²) in [6.45, 7) is 2.86. The van der Waals surface area contributed by atoms with Gasteiger partial charge in [-0.2, -0.15) is 0 Å². The molecule has 2 rings (SSSR count). The minimum atomic E-state index is -3.26. The Hall–Kier alpha value is -0.140. The van der Waals surface area contributed by atoms with Crippen molar-refractivity contribution in [2.45, 2.75) is 43.6 Å². The van der Waals surface area contributed by atoms with E-state index in [2.05, 4.69) is 15.9 Å². The second kappa shape index (κ2) is 6.10. The van der Waals surface area contributed by atoms with Gasteiger partial charge < -0.3 is 9.64 Å².